The van der Waals surface area contributed by atoms with Gasteiger partial charge in [0.2, 0.25) is 0 Å². The number of thiol groups is 1. The predicted octanol–water partition coefficient (Wildman–Crippen LogP) is 0.499. The highest BCUT2D eigenvalue weighted by atomic mass is 32.1. The summed E-state index contributed by atoms with van der Waals surface area (Å²) < 4.78 is 15.6. The molecule has 0 amide bonds. The lowest BCUT2D eigenvalue weighted by Crippen LogP contribution is -2.09. The Bertz CT molecular complexity index is 151. The summed E-state index contributed by atoms with van der Waals surface area (Å²) in [5.41, 5.74) is -0.489. The first-order valence-corrected chi connectivity index (χ1v) is 5.51. The van der Waals surface area contributed by atoms with Gasteiger partial charge in [0.1, 0.15) is 0 Å². The Morgan fingerprint density at radius 1 is 1.73 bits per heavy atom. The highest BCUT2D eigenvalue weighted by Gasteiger charge is 2.26. The molecule has 0 aromatic carbocycles. The molecule has 6 heteroatoms. The van der Waals surface area contributed by atoms with Crippen LogP contribution < -0.4 is 0 Å². The quantitative estimate of drug-likeness (QED) is 0.446. The molecule has 0 spiro atoms. The summed E-state index contributed by atoms with van der Waals surface area (Å²) in [6.07, 6.45) is 0. The fourth-order valence-electron chi connectivity index (χ4n) is 0.402. The smallest absolute Gasteiger partial charge is 0.331 e. The molecule has 0 fully saturated rings. The molecule has 0 radical (unpaired) electrons. The molecule has 0 aromatic heterocycles. The van der Waals surface area contributed by atoms with Crippen LogP contribution in [-0.2, 0) is 9.09 Å². The van der Waals surface area contributed by atoms with Crippen LogP contribution in [-0.4, -0.2) is 34.6 Å². The molecule has 2 atom stereocenters. The van der Waals surface area contributed by atoms with E-state index in [1.165, 1.54) is 0 Å². The number of aliphatic hydroxyl groups excluding tert-OH is 1. The molecular weight excluding hydrogens is 187 g/mol. The van der Waals surface area contributed by atoms with Gasteiger partial charge >= 0.3 is 7.60 Å². The molecule has 4 nitrogen and oxygen atoms in total. The lowest BCUT2D eigenvalue weighted by Gasteiger charge is -2.16. The molecule has 2 N–H and O–H groups in total. The molecule has 0 heterocycles. The molecule has 68 valence electrons. The van der Waals surface area contributed by atoms with Gasteiger partial charge in [-0.2, -0.15) is 12.6 Å². The summed E-state index contributed by atoms with van der Waals surface area (Å²) in [6.45, 7) is 1.22. The molecule has 11 heavy (non-hydrogen) atoms. The van der Waals surface area contributed by atoms with E-state index >= 15 is 0 Å². The van der Waals surface area contributed by atoms with Crippen LogP contribution in [0.3, 0.4) is 0 Å². The third-order valence-corrected chi connectivity index (χ3v) is 3.87. The van der Waals surface area contributed by atoms with Crippen LogP contribution in [0.2, 0.25) is 0 Å². The van der Waals surface area contributed by atoms with Crippen LogP contribution in [0.4, 0.5) is 0 Å². The van der Waals surface area contributed by atoms with Crippen molar-refractivity contribution in [3.8, 4) is 0 Å². The van der Waals surface area contributed by atoms with Gasteiger partial charge in [0.05, 0.1) is 18.9 Å². The van der Waals surface area contributed by atoms with Crippen LogP contribution >= 0.6 is 20.2 Å². The minimum Gasteiger partial charge on any atom is -0.394 e. The van der Waals surface area contributed by atoms with Crippen molar-refractivity contribution >= 4 is 20.2 Å². The second kappa shape index (κ2) is 5.17. The topological polar surface area (TPSA) is 66.8 Å². The standard InChI is InChI=1S/C5H13O4PS/c1-5(4-11)10(7,8)9-3-2-6/h5-6,11H,2-4H2,1H3,(H,7,8). The summed E-state index contributed by atoms with van der Waals surface area (Å²) in [4.78, 5) is 9.09. The maximum absolute atomic E-state index is 11.1. The van der Waals surface area contributed by atoms with Crippen molar-refractivity contribution in [3.05, 3.63) is 0 Å². The summed E-state index contributed by atoms with van der Waals surface area (Å²) in [7, 11) is -3.54. The molecule has 0 aliphatic heterocycles. The molecule has 0 saturated carbocycles. The van der Waals surface area contributed by atoms with E-state index in [4.69, 9.17) is 10.00 Å². The average Bonchev–Trinajstić information content (AvgIpc) is 1.99. The molecule has 0 saturated heterocycles. The Labute approximate surface area is 71.5 Å². The zero-order chi connectivity index (χ0) is 8.91. The average molecular weight is 200 g/mol. The van der Waals surface area contributed by atoms with E-state index in [0.29, 0.717) is 5.75 Å². The van der Waals surface area contributed by atoms with E-state index in [0.717, 1.165) is 0 Å². The van der Waals surface area contributed by atoms with Crippen molar-refractivity contribution in [2.75, 3.05) is 19.0 Å². The van der Waals surface area contributed by atoms with E-state index in [9.17, 15) is 4.57 Å². The van der Waals surface area contributed by atoms with Crippen LogP contribution in [0, 0.1) is 0 Å². The summed E-state index contributed by atoms with van der Waals surface area (Å²) in [5.74, 6) is 0.291. The zero-order valence-electron chi connectivity index (χ0n) is 6.30. The monoisotopic (exact) mass is 200 g/mol. The largest absolute Gasteiger partial charge is 0.394 e. The van der Waals surface area contributed by atoms with E-state index in [-0.39, 0.29) is 13.2 Å². The zero-order valence-corrected chi connectivity index (χ0v) is 8.09. The molecule has 0 aromatic rings. The van der Waals surface area contributed by atoms with E-state index < -0.39 is 13.3 Å². The maximum Gasteiger partial charge on any atom is 0.331 e. The van der Waals surface area contributed by atoms with Crippen molar-refractivity contribution in [3.63, 3.8) is 0 Å². The minimum absolute atomic E-state index is 0.105. The van der Waals surface area contributed by atoms with Crippen LogP contribution in [0.15, 0.2) is 0 Å². The maximum atomic E-state index is 11.1. The molecule has 0 aliphatic rings. The lowest BCUT2D eigenvalue weighted by molar-refractivity contribution is 0.181. The molecule has 0 bridgehead atoms. The van der Waals surface area contributed by atoms with Crippen LogP contribution in [0.25, 0.3) is 0 Å². The Balaban J connectivity index is 3.89. The van der Waals surface area contributed by atoms with Crippen molar-refractivity contribution < 1.29 is 19.1 Å². The molecule has 2 unspecified atom stereocenters. The first-order chi connectivity index (χ1) is 5.04. The SMILES string of the molecule is CC(CS)P(=O)(O)OCCO. The van der Waals surface area contributed by atoms with E-state index in [1.54, 1.807) is 6.92 Å². The first-order valence-electron chi connectivity index (χ1n) is 3.23. The van der Waals surface area contributed by atoms with Gasteiger partial charge in [-0.1, -0.05) is 6.92 Å². The summed E-state index contributed by atoms with van der Waals surface area (Å²) >= 11 is 3.86. The van der Waals surface area contributed by atoms with Gasteiger partial charge in [-0.3, -0.25) is 4.57 Å². The summed E-state index contributed by atoms with van der Waals surface area (Å²) in [5, 5.41) is 8.31. The molecule has 0 rings (SSSR count). The fourth-order valence-corrected chi connectivity index (χ4v) is 1.83. The minimum atomic E-state index is -3.54. The normalized spacial score (nSPS) is 19.3. The number of hydrogen-bond donors (Lipinski definition) is 3. The highest BCUT2D eigenvalue weighted by Crippen LogP contribution is 2.47. The van der Waals surface area contributed by atoms with Gasteiger partial charge in [-0.15, -0.1) is 0 Å². The van der Waals surface area contributed by atoms with Gasteiger partial charge in [0.15, 0.2) is 0 Å². The van der Waals surface area contributed by atoms with Crippen molar-refractivity contribution in [2.24, 2.45) is 0 Å². The summed E-state index contributed by atoms with van der Waals surface area (Å²) in [6, 6.07) is 0. The fraction of sp³-hybridized carbons (Fsp3) is 1.00. The van der Waals surface area contributed by atoms with Gasteiger partial charge in [-0.05, 0) is 0 Å². The lowest BCUT2D eigenvalue weighted by atomic mass is 10.6. The van der Waals surface area contributed by atoms with Crippen molar-refractivity contribution in [1.82, 2.24) is 0 Å². The highest BCUT2D eigenvalue weighted by molar-refractivity contribution is 7.80. The van der Waals surface area contributed by atoms with Gasteiger partial charge < -0.3 is 14.5 Å². The van der Waals surface area contributed by atoms with Crippen LogP contribution in [0.5, 0.6) is 0 Å². The number of aliphatic hydroxyl groups is 1. The Hall–Kier alpha value is 0.460. The van der Waals surface area contributed by atoms with Crippen molar-refractivity contribution in [2.45, 2.75) is 12.6 Å². The Morgan fingerprint density at radius 3 is 2.64 bits per heavy atom. The van der Waals surface area contributed by atoms with Gasteiger partial charge in [-0.25, -0.2) is 0 Å². The van der Waals surface area contributed by atoms with Crippen LogP contribution in [0.1, 0.15) is 6.92 Å². The van der Waals surface area contributed by atoms with Crippen molar-refractivity contribution in [1.29, 1.82) is 0 Å². The molecular formula is C5H13O4PS. The van der Waals surface area contributed by atoms with Gasteiger partial charge in [0.25, 0.3) is 0 Å². The van der Waals surface area contributed by atoms with Gasteiger partial charge in [0, 0.05) is 5.75 Å². The number of rotatable bonds is 5. The second-order valence-electron chi connectivity index (χ2n) is 2.15. The third-order valence-electron chi connectivity index (χ3n) is 1.19. The predicted molar refractivity (Wildman–Crippen MR) is 46.2 cm³/mol. The molecule has 0 aliphatic carbocycles. The second-order valence-corrected chi connectivity index (χ2v) is 4.79. The Kier molecular flexibility index (Phi) is 5.38. The third kappa shape index (κ3) is 4.13. The first kappa shape index (κ1) is 11.5. The van der Waals surface area contributed by atoms with E-state index in [1.807, 2.05) is 0 Å². The number of hydrogen-bond acceptors (Lipinski definition) is 4. The Morgan fingerprint density at radius 2 is 2.27 bits per heavy atom. The van der Waals surface area contributed by atoms with E-state index in [2.05, 4.69) is 17.2 Å².